The molecule has 0 saturated heterocycles. The summed E-state index contributed by atoms with van der Waals surface area (Å²) in [7, 11) is 0. The molecule has 88 valence electrons. The maximum Gasteiger partial charge on any atom is 0.243 e. The number of nitrogens with zero attached hydrogens (tertiary/aromatic N) is 2. The van der Waals surface area contributed by atoms with Crippen molar-refractivity contribution in [3.05, 3.63) is 41.6 Å². The zero-order valence-corrected chi connectivity index (χ0v) is 9.00. The van der Waals surface area contributed by atoms with E-state index in [2.05, 4.69) is 9.79 Å². The molecule has 2 N–H and O–H groups in total. The summed E-state index contributed by atoms with van der Waals surface area (Å²) < 4.78 is 5.87. The van der Waals surface area contributed by atoms with Gasteiger partial charge in [0.1, 0.15) is 6.42 Å². The maximum absolute atomic E-state index is 11.3. The first-order valence-electron chi connectivity index (χ1n) is 5.04. The lowest BCUT2D eigenvalue weighted by molar-refractivity contribution is -0.760. The Morgan fingerprint density at radius 2 is 2.12 bits per heavy atom. The molecule has 1 amide bonds. The third-order valence-electron chi connectivity index (χ3n) is 2.29. The van der Waals surface area contributed by atoms with Crippen molar-refractivity contribution in [2.24, 2.45) is 5.73 Å². The highest BCUT2D eigenvalue weighted by Gasteiger charge is 2.19. The van der Waals surface area contributed by atoms with E-state index in [0.717, 1.165) is 5.56 Å². The highest BCUT2D eigenvalue weighted by Crippen LogP contribution is 2.08. The lowest BCUT2D eigenvalue weighted by atomic mass is 10.2. The number of hydrogen-bond donors (Lipinski definition) is 1. The molecule has 1 aromatic carbocycles. The van der Waals surface area contributed by atoms with Crippen molar-refractivity contribution in [1.82, 2.24) is 5.27 Å². The van der Waals surface area contributed by atoms with Gasteiger partial charge in [-0.05, 0) is 0 Å². The first-order valence-corrected chi connectivity index (χ1v) is 5.04. The predicted octanol–water partition coefficient (Wildman–Crippen LogP) is -0.888. The number of primary amides is 1. The van der Waals surface area contributed by atoms with E-state index in [4.69, 9.17) is 5.73 Å². The van der Waals surface area contributed by atoms with Crippen molar-refractivity contribution in [1.29, 1.82) is 0 Å². The van der Waals surface area contributed by atoms with Crippen LogP contribution < -0.4 is 15.5 Å². The molecule has 6 nitrogen and oxygen atoms in total. The van der Waals surface area contributed by atoms with Gasteiger partial charge >= 0.3 is 0 Å². The average molecular weight is 233 g/mol. The van der Waals surface area contributed by atoms with Crippen LogP contribution in [-0.4, -0.2) is 11.2 Å². The van der Waals surface area contributed by atoms with Gasteiger partial charge in [0.25, 0.3) is 0 Å². The van der Waals surface area contributed by atoms with E-state index in [1.807, 2.05) is 30.3 Å². The van der Waals surface area contributed by atoms with Gasteiger partial charge < -0.3 is 15.4 Å². The van der Waals surface area contributed by atoms with Gasteiger partial charge in [0.15, 0.2) is 5.95 Å². The van der Waals surface area contributed by atoms with Crippen LogP contribution in [0.5, 0.6) is 5.95 Å². The average Bonchev–Trinajstić information content (AvgIpc) is 2.62. The summed E-state index contributed by atoms with van der Waals surface area (Å²) in [5, 5.41) is 14.9. The van der Waals surface area contributed by atoms with Crippen molar-refractivity contribution >= 4 is 5.91 Å². The molecular weight excluding hydrogens is 222 g/mol. The van der Waals surface area contributed by atoms with E-state index in [0.29, 0.717) is 6.54 Å². The number of nitrogens with two attached hydrogens (primary N) is 1. The Bertz CT molecular complexity index is 522. The van der Waals surface area contributed by atoms with Crippen LogP contribution in [0.2, 0.25) is 0 Å². The summed E-state index contributed by atoms with van der Waals surface area (Å²) in [5.74, 6) is -1.22. The largest absolute Gasteiger partial charge is 0.539 e. The molecule has 1 heterocycles. The van der Waals surface area contributed by atoms with E-state index in [1.165, 1.54) is 4.68 Å². The van der Waals surface area contributed by atoms with E-state index in [-0.39, 0.29) is 12.1 Å². The molecule has 0 fully saturated rings. The van der Waals surface area contributed by atoms with Crippen LogP contribution in [0.15, 0.2) is 34.9 Å². The fraction of sp³-hybridized carbons (Fsp3) is 0.182. The van der Waals surface area contributed by atoms with Gasteiger partial charge in [-0.2, -0.15) is 0 Å². The number of aromatic nitrogens is 2. The topological polar surface area (TPSA) is 96.1 Å². The van der Waals surface area contributed by atoms with Gasteiger partial charge in [0, 0.05) is 5.56 Å². The zero-order chi connectivity index (χ0) is 12.3. The van der Waals surface area contributed by atoms with Crippen molar-refractivity contribution in [2.75, 3.05) is 0 Å². The standard InChI is InChI=1S/C11H11N3O3/c12-10(15)6-9-11(16)17-13-14(9)7-8-4-2-1-3-5-8/h1-5H,6-7H2,(H2-,12,13,15,16). The molecule has 0 aliphatic heterocycles. The van der Waals surface area contributed by atoms with Gasteiger partial charge in [0.2, 0.25) is 18.1 Å². The summed E-state index contributed by atoms with van der Waals surface area (Å²) in [4.78, 5) is 10.8. The molecule has 0 aliphatic carbocycles. The van der Waals surface area contributed by atoms with Crippen LogP contribution in [0.4, 0.5) is 0 Å². The molecule has 2 aromatic rings. The SMILES string of the molecule is NC(=O)Cc1c([O-])on[n+]1Cc1ccccc1. The number of carbonyl (C=O) groups excluding carboxylic acids is 1. The van der Waals surface area contributed by atoms with Gasteiger partial charge in [-0.3, -0.25) is 4.79 Å². The molecule has 0 aliphatic rings. The highest BCUT2D eigenvalue weighted by molar-refractivity contribution is 5.76. The lowest BCUT2D eigenvalue weighted by Crippen LogP contribution is -2.41. The zero-order valence-electron chi connectivity index (χ0n) is 9.00. The Labute approximate surface area is 97.2 Å². The predicted molar refractivity (Wildman–Crippen MR) is 54.6 cm³/mol. The summed E-state index contributed by atoms with van der Waals surface area (Å²) in [6.07, 6.45) is -0.171. The van der Waals surface area contributed by atoms with Gasteiger partial charge in [0.05, 0.1) is 5.27 Å². The minimum Gasteiger partial charge on any atom is -0.539 e. The van der Waals surface area contributed by atoms with Crippen molar-refractivity contribution in [2.45, 2.75) is 13.0 Å². The number of rotatable bonds is 4. The highest BCUT2D eigenvalue weighted by atomic mass is 16.6. The number of carbonyl (C=O) groups is 1. The summed E-state index contributed by atoms with van der Waals surface area (Å²) >= 11 is 0. The molecule has 0 atom stereocenters. The summed E-state index contributed by atoms with van der Waals surface area (Å²) in [6.45, 7) is 0.370. The summed E-state index contributed by atoms with van der Waals surface area (Å²) in [5.41, 5.74) is 6.18. The first-order chi connectivity index (χ1) is 8.16. The smallest absolute Gasteiger partial charge is 0.243 e. The van der Waals surface area contributed by atoms with E-state index < -0.39 is 11.9 Å². The molecule has 17 heavy (non-hydrogen) atoms. The maximum atomic E-state index is 11.3. The molecule has 0 saturated carbocycles. The van der Waals surface area contributed by atoms with Crippen molar-refractivity contribution < 1.29 is 19.1 Å². The second-order valence-corrected chi connectivity index (χ2v) is 3.59. The first kappa shape index (κ1) is 11.1. The second-order valence-electron chi connectivity index (χ2n) is 3.59. The normalized spacial score (nSPS) is 10.4. The Balaban J connectivity index is 2.24. The third-order valence-corrected chi connectivity index (χ3v) is 2.29. The molecule has 1 aromatic heterocycles. The van der Waals surface area contributed by atoms with Crippen molar-refractivity contribution in [3.8, 4) is 5.95 Å². The summed E-state index contributed by atoms with van der Waals surface area (Å²) in [6, 6.07) is 9.42. The van der Waals surface area contributed by atoms with E-state index >= 15 is 0 Å². The Morgan fingerprint density at radius 3 is 2.76 bits per heavy atom. The lowest BCUT2D eigenvalue weighted by Gasteiger charge is -1.96. The second kappa shape index (κ2) is 4.65. The van der Waals surface area contributed by atoms with Crippen molar-refractivity contribution in [3.63, 3.8) is 0 Å². The Morgan fingerprint density at radius 1 is 1.41 bits per heavy atom. The minimum absolute atomic E-state index is 0.168. The molecule has 0 unspecified atom stereocenters. The fourth-order valence-electron chi connectivity index (χ4n) is 1.50. The van der Waals surface area contributed by atoms with Crippen LogP contribution in [0, 0.1) is 0 Å². The quantitative estimate of drug-likeness (QED) is 0.693. The molecular formula is C11H11N3O3. The number of amides is 1. The van der Waals surface area contributed by atoms with Gasteiger partial charge in [-0.1, -0.05) is 35.0 Å². The van der Waals surface area contributed by atoms with E-state index in [1.54, 1.807) is 0 Å². The fourth-order valence-corrected chi connectivity index (χ4v) is 1.50. The van der Waals surface area contributed by atoms with Gasteiger partial charge in [-0.25, -0.2) is 0 Å². The molecule has 2 rings (SSSR count). The molecule has 0 bridgehead atoms. The van der Waals surface area contributed by atoms with Gasteiger partial charge in [-0.15, -0.1) is 0 Å². The van der Waals surface area contributed by atoms with Crippen LogP contribution in [0.3, 0.4) is 0 Å². The minimum atomic E-state index is -0.625. The van der Waals surface area contributed by atoms with Crippen LogP contribution >= 0.6 is 0 Å². The Hall–Kier alpha value is -2.37. The van der Waals surface area contributed by atoms with Crippen LogP contribution in [0.1, 0.15) is 11.3 Å². The Kier molecular flexibility index (Phi) is 3.04. The van der Waals surface area contributed by atoms with E-state index in [9.17, 15) is 9.90 Å². The van der Waals surface area contributed by atoms with Crippen LogP contribution in [0.25, 0.3) is 0 Å². The number of hydrogen-bond acceptors (Lipinski definition) is 4. The number of benzene rings is 1. The molecule has 0 radical (unpaired) electrons. The molecule has 6 heteroatoms. The monoisotopic (exact) mass is 233 g/mol. The third kappa shape index (κ3) is 2.60. The van der Waals surface area contributed by atoms with Crippen LogP contribution in [-0.2, 0) is 17.8 Å². The molecule has 0 spiro atoms.